The highest BCUT2D eigenvalue weighted by atomic mass is 19.4. The third-order valence-corrected chi connectivity index (χ3v) is 9.34. The van der Waals surface area contributed by atoms with Crippen LogP contribution in [0.1, 0.15) is 72.5 Å². The highest BCUT2D eigenvalue weighted by molar-refractivity contribution is 5.94. The molecule has 1 aliphatic rings. The molecule has 0 saturated carbocycles. The molecular formula is C36H35F7N4O2. The van der Waals surface area contributed by atoms with Crippen LogP contribution in [0.5, 0.6) is 0 Å². The number of alkyl halides is 7. The van der Waals surface area contributed by atoms with Gasteiger partial charge in [0.15, 0.2) is 5.58 Å². The second kappa shape index (κ2) is 13.8. The summed E-state index contributed by atoms with van der Waals surface area (Å²) in [6.07, 6.45) is -13.5. The van der Waals surface area contributed by atoms with Crippen molar-refractivity contribution in [1.82, 2.24) is 15.2 Å². The molecule has 0 spiro atoms. The van der Waals surface area contributed by atoms with Crippen LogP contribution in [0.15, 0.2) is 71.1 Å². The summed E-state index contributed by atoms with van der Waals surface area (Å²) in [5, 5.41) is 12.4. The van der Waals surface area contributed by atoms with E-state index in [1.54, 1.807) is 41.3 Å². The Bertz CT molecular complexity index is 1790. The third-order valence-electron chi connectivity index (χ3n) is 9.34. The van der Waals surface area contributed by atoms with E-state index >= 15 is 0 Å². The Morgan fingerprint density at radius 2 is 1.61 bits per heavy atom. The molecule has 6 nitrogen and oxygen atoms in total. The summed E-state index contributed by atoms with van der Waals surface area (Å²) in [7, 11) is 0. The van der Waals surface area contributed by atoms with E-state index in [1.807, 2.05) is 44.2 Å². The number of hydrogen-bond donors (Lipinski definition) is 1. The summed E-state index contributed by atoms with van der Waals surface area (Å²) in [5.41, 5.74) is -1.31. The van der Waals surface area contributed by atoms with Crippen molar-refractivity contribution in [3.63, 3.8) is 0 Å². The van der Waals surface area contributed by atoms with Crippen molar-refractivity contribution in [2.24, 2.45) is 0 Å². The second-order valence-electron chi connectivity index (χ2n) is 12.8. The van der Waals surface area contributed by atoms with Crippen molar-refractivity contribution in [3.8, 4) is 17.5 Å². The van der Waals surface area contributed by atoms with Gasteiger partial charge < -0.3 is 14.6 Å². The summed E-state index contributed by atoms with van der Waals surface area (Å²) in [6, 6.07) is 21.7. The fraction of sp³-hybridized carbons (Fsp3) is 0.417. The van der Waals surface area contributed by atoms with Gasteiger partial charge in [0, 0.05) is 35.1 Å². The van der Waals surface area contributed by atoms with Gasteiger partial charge in [-0.05, 0) is 86.8 Å². The molecule has 3 aromatic carbocycles. The lowest BCUT2D eigenvalue weighted by molar-refractivity contribution is -0.343. The van der Waals surface area contributed by atoms with Crippen LogP contribution >= 0.6 is 0 Å². The van der Waals surface area contributed by atoms with Gasteiger partial charge in [-0.25, -0.2) is 9.37 Å². The first-order valence-corrected chi connectivity index (χ1v) is 15.9. The van der Waals surface area contributed by atoms with Crippen LogP contribution in [0.2, 0.25) is 0 Å². The summed E-state index contributed by atoms with van der Waals surface area (Å²) < 4.78 is 98.0. The van der Waals surface area contributed by atoms with E-state index in [4.69, 9.17) is 4.42 Å². The fourth-order valence-electron chi connectivity index (χ4n) is 6.35. The predicted molar refractivity (Wildman–Crippen MR) is 170 cm³/mol. The largest absolute Gasteiger partial charge is 0.436 e. The fourth-order valence-corrected chi connectivity index (χ4v) is 6.35. The molecule has 4 aromatic rings. The smallest absolute Gasteiger partial charge is 0.431 e. The van der Waals surface area contributed by atoms with Crippen LogP contribution < -0.4 is 5.32 Å². The Morgan fingerprint density at radius 3 is 2.18 bits per heavy atom. The topological polar surface area (TPSA) is 82.2 Å². The van der Waals surface area contributed by atoms with E-state index in [9.17, 15) is 40.8 Å². The molecule has 13 heteroatoms. The number of carbonyl (C=O) groups excluding carboxylic acids is 1. The van der Waals surface area contributed by atoms with Crippen LogP contribution in [0.25, 0.3) is 22.6 Å². The summed E-state index contributed by atoms with van der Waals surface area (Å²) in [5.74, 6) is 0.122. The first-order chi connectivity index (χ1) is 23.1. The molecule has 5 rings (SSSR count). The van der Waals surface area contributed by atoms with E-state index < -0.39 is 36.3 Å². The van der Waals surface area contributed by atoms with Gasteiger partial charge >= 0.3 is 12.4 Å². The average Bonchev–Trinajstić information content (AvgIpc) is 3.51. The normalized spacial score (nSPS) is 15.8. The number of carbonyl (C=O) groups is 1. The molecule has 0 atom stereocenters. The monoisotopic (exact) mass is 688 g/mol. The number of nitrogens with one attached hydrogen (secondary N) is 1. The zero-order chi connectivity index (χ0) is 35.6. The molecule has 1 N–H and O–H groups in total. The van der Waals surface area contributed by atoms with Gasteiger partial charge in [0.1, 0.15) is 5.52 Å². The number of rotatable bonds is 10. The molecule has 2 heterocycles. The van der Waals surface area contributed by atoms with Crippen molar-refractivity contribution >= 4 is 17.0 Å². The first-order valence-electron chi connectivity index (χ1n) is 15.9. The van der Waals surface area contributed by atoms with Crippen LogP contribution in [0.4, 0.5) is 30.7 Å². The molecule has 0 bridgehead atoms. The molecule has 1 amide bonds. The number of fused-ring (bicyclic) bond motifs is 1. The van der Waals surface area contributed by atoms with E-state index in [-0.39, 0.29) is 24.9 Å². The minimum atomic E-state index is -6.06. The molecule has 1 aromatic heterocycles. The number of piperidine rings is 1. The lowest BCUT2D eigenvalue weighted by Crippen LogP contribution is -2.53. The Hall–Kier alpha value is -4.44. The number of nitrogens with zero attached hydrogens (tertiary/aromatic N) is 3. The number of hydrogen-bond acceptors (Lipinski definition) is 5. The number of amides is 1. The highest BCUT2D eigenvalue weighted by Crippen LogP contribution is 2.49. The average molecular weight is 689 g/mol. The van der Waals surface area contributed by atoms with Crippen molar-refractivity contribution in [1.29, 1.82) is 5.26 Å². The summed E-state index contributed by atoms with van der Waals surface area (Å²) >= 11 is 0. The van der Waals surface area contributed by atoms with Crippen molar-refractivity contribution < 1.29 is 39.9 Å². The summed E-state index contributed by atoms with van der Waals surface area (Å²) in [6.45, 7) is 4.80. The standard InChI is InChI=1S/C36H35F7N4O2/c1-23(2)28-19-24(21-44)20-29-30(28)49-32(46-29)26-11-9-25(10-12-26)31(48)45-22-33(27-7-4-3-5-8-27)14-17-47(18-15-33)16-6-13-34(37,35(38,39)40)36(41,42)43/h3-5,7-12,19-20,23H,6,13-18,22H2,1-2H3,(H,45,48). The van der Waals surface area contributed by atoms with E-state index in [0.29, 0.717) is 59.6 Å². The Kier molecular flexibility index (Phi) is 10.1. The van der Waals surface area contributed by atoms with Gasteiger partial charge in [-0.15, -0.1) is 0 Å². The maximum absolute atomic E-state index is 14.1. The van der Waals surface area contributed by atoms with Crippen molar-refractivity contribution in [2.45, 2.75) is 68.9 Å². The number of oxazole rings is 1. The molecule has 0 unspecified atom stereocenters. The molecule has 0 radical (unpaired) electrons. The number of benzene rings is 3. The Morgan fingerprint density at radius 1 is 0.980 bits per heavy atom. The zero-order valence-electron chi connectivity index (χ0n) is 26.9. The number of halogens is 7. The predicted octanol–water partition coefficient (Wildman–Crippen LogP) is 8.87. The van der Waals surface area contributed by atoms with Crippen LogP contribution in [-0.4, -0.2) is 60.0 Å². The maximum atomic E-state index is 14.1. The molecule has 1 saturated heterocycles. The maximum Gasteiger partial charge on any atom is 0.431 e. The highest BCUT2D eigenvalue weighted by Gasteiger charge is 2.71. The van der Waals surface area contributed by atoms with Gasteiger partial charge in [0.05, 0.1) is 11.6 Å². The summed E-state index contributed by atoms with van der Waals surface area (Å²) in [4.78, 5) is 19.6. The van der Waals surface area contributed by atoms with Gasteiger partial charge in [-0.3, -0.25) is 4.79 Å². The van der Waals surface area contributed by atoms with E-state index in [0.717, 1.165) is 11.1 Å². The molecule has 260 valence electrons. The van der Waals surface area contributed by atoms with Crippen LogP contribution in [0, 0.1) is 11.3 Å². The SMILES string of the molecule is CC(C)c1cc(C#N)cc2nc(-c3ccc(C(=O)NCC4(c5ccccc5)CCN(CCCC(F)(C(F)(F)F)C(F)(F)F)CC4)cc3)oc12. The lowest BCUT2D eigenvalue weighted by atomic mass is 9.72. The zero-order valence-corrected chi connectivity index (χ0v) is 26.9. The number of aromatic nitrogens is 1. The minimum Gasteiger partial charge on any atom is -0.436 e. The molecule has 49 heavy (non-hydrogen) atoms. The quantitative estimate of drug-likeness (QED) is 0.168. The Labute approximate surface area is 278 Å². The van der Waals surface area contributed by atoms with E-state index in [1.165, 1.54) is 0 Å². The minimum absolute atomic E-state index is 0.104. The second-order valence-corrected chi connectivity index (χ2v) is 12.8. The molecule has 0 aliphatic carbocycles. The van der Waals surface area contributed by atoms with Gasteiger partial charge in [0.25, 0.3) is 11.6 Å². The van der Waals surface area contributed by atoms with Crippen LogP contribution in [0.3, 0.4) is 0 Å². The molecule has 1 aliphatic heterocycles. The van der Waals surface area contributed by atoms with Gasteiger partial charge in [-0.2, -0.15) is 31.6 Å². The van der Waals surface area contributed by atoms with Gasteiger partial charge in [-0.1, -0.05) is 44.2 Å². The number of nitriles is 1. The third kappa shape index (κ3) is 7.44. The number of likely N-dealkylation sites (tertiary alicyclic amines) is 1. The first kappa shape index (κ1) is 35.9. The van der Waals surface area contributed by atoms with Gasteiger partial charge in [0.2, 0.25) is 5.89 Å². The molecule has 1 fully saturated rings. The van der Waals surface area contributed by atoms with Crippen LogP contribution in [-0.2, 0) is 5.41 Å². The Balaban J connectivity index is 1.24. The van der Waals surface area contributed by atoms with Crippen molar-refractivity contribution in [2.75, 3.05) is 26.2 Å². The van der Waals surface area contributed by atoms with E-state index in [2.05, 4.69) is 16.4 Å². The lowest BCUT2D eigenvalue weighted by Gasteiger charge is -2.42. The molecular weight excluding hydrogens is 653 g/mol. The van der Waals surface area contributed by atoms with Crippen molar-refractivity contribution in [3.05, 3.63) is 89.0 Å².